The highest BCUT2D eigenvalue weighted by Crippen LogP contribution is 2.18. The molecule has 0 aromatic rings. The van der Waals surface area contributed by atoms with E-state index in [1.165, 1.54) is 38.5 Å². The fraction of sp³-hybridized carbons (Fsp3) is 0.917. The molecule has 0 heterocycles. The van der Waals surface area contributed by atoms with Crippen LogP contribution in [0.1, 0.15) is 52.4 Å². The van der Waals surface area contributed by atoms with Gasteiger partial charge in [0.05, 0.1) is 0 Å². The van der Waals surface area contributed by atoms with E-state index in [2.05, 4.69) is 24.2 Å². The standard InChI is InChI=1S/C12H25N3/c1-3-5-6-10(4-2)9-14-12(13)15-11-7-8-11/h10-11H,3-9H2,1-2H3,(H3,13,14,15). The fourth-order valence-corrected chi connectivity index (χ4v) is 1.63. The van der Waals surface area contributed by atoms with Gasteiger partial charge in [0.2, 0.25) is 0 Å². The molecule has 3 heteroatoms. The number of guanidine groups is 1. The fourth-order valence-electron chi connectivity index (χ4n) is 1.63. The number of unbranched alkanes of at least 4 members (excludes halogenated alkanes) is 1. The number of hydrogen-bond donors (Lipinski definition) is 2. The Balaban J connectivity index is 2.17. The molecule has 0 spiro atoms. The number of nitrogens with one attached hydrogen (secondary N) is 1. The Labute approximate surface area is 93.5 Å². The van der Waals surface area contributed by atoms with Crippen molar-refractivity contribution in [1.82, 2.24) is 5.32 Å². The van der Waals surface area contributed by atoms with Gasteiger partial charge in [-0.05, 0) is 25.2 Å². The molecular weight excluding hydrogens is 186 g/mol. The van der Waals surface area contributed by atoms with Gasteiger partial charge in [-0.25, -0.2) is 0 Å². The Morgan fingerprint density at radius 3 is 2.73 bits per heavy atom. The second kappa shape index (κ2) is 6.70. The summed E-state index contributed by atoms with van der Waals surface area (Å²) in [6, 6.07) is 0.615. The highest BCUT2D eigenvalue weighted by Gasteiger charge is 2.21. The first-order valence-electron chi connectivity index (χ1n) is 6.32. The Kier molecular flexibility index (Phi) is 5.51. The molecular formula is C12H25N3. The van der Waals surface area contributed by atoms with Crippen LogP contribution in [0.15, 0.2) is 4.99 Å². The smallest absolute Gasteiger partial charge is 0.188 e. The maximum atomic E-state index is 5.79. The van der Waals surface area contributed by atoms with E-state index in [1.807, 2.05) is 0 Å². The average molecular weight is 211 g/mol. The lowest BCUT2D eigenvalue weighted by atomic mass is 10.00. The van der Waals surface area contributed by atoms with Crippen molar-refractivity contribution in [2.75, 3.05) is 6.54 Å². The first-order chi connectivity index (χ1) is 7.26. The summed E-state index contributed by atoms with van der Waals surface area (Å²) in [6.07, 6.45) is 7.58. The summed E-state index contributed by atoms with van der Waals surface area (Å²) in [4.78, 5) is 4.41. The van der Waals surface area contributed by atoms with Crippen molar-refractivity contribution >= 4 is 5.96 Å². The summed E-state index contributed by atoms with van der Waals surface area (Å²) in [5.41, 5.74) is 5.79. The molecule has 3 nitrogen and oxygen atoms in total. The summed E-state index contributed by atoms with van der Waals surface area (Å²) in [5, 5.41) is 3.22. The van der Waals surface area contributed by atoms with Crippen LogP contribution in [0.5, 0.6) is 0 Å². The molecule has 0 aromatic carbocycles. The molecule has 0 radical (unpaired) electrons. The van der Waals surface area contributed by atoms with Crippen LogP contribution in [0.3, 0.4) is 0 Å². The molecule has 1 rings (SSSR count). The molecule has 1 fully saturated rings. The third kappa shape index (κ3) is 5.65. The topological polar surface area (TPSA) is 50.4 Å². The Morgan fingerprint density at radius 2 is 2.20 bits per heavy atom. The van der Waals surface area contributed by atoms with Crippen molar-refractivity contribution in [3.8, 4) is 0 Å². The van der Waals surface area contributed by atoms with Crippen molar-refractivity contribution < 1.29 is 0 Å². The van der Waals surface area contributed by atoms with Crippen LogP contribution in [0.4, 0.5) is 0 Å². The van der Waals surface area contributed by atoms with Crippen molar-refractivity contribution in [3.63, 3.8) is 0 Å². The molecule has 0 amide bonds. The normalized spacial score (nSPS) is 18.9. The zero-order valence-electron chi connectivity index (χ0n) is 10.1. The quantitative estimate of drug-likeness (QED) is 0.501. The summed E-state index contributed by atoms with van der Waals surface area (Å²) >= 11 is 0. The van der Waals surface area contributed by atoms with Gasteiger partial charge in [-0.2, -0.15) is 0 Å². The first kappa shape index (κ1) is 12.3. The summed E-state index contributed by atoms with van der Waals surface area (Å²) < 4.78 is 0. The lowest BCUT2D eigenvalue weighted by Crippen LogP contribution is -2.33. The largest absolute Gasteiger partial charge is 0.370 e. The van der Waals surface area contributed by atoms with E-state index in [-0.39, 0.29) is 0 Å². The van der Waals surface area contributed by atoms with Gasteiger partial charge >= 0.3 is 0 Å². The molecule has 1 atom stereocenters. The molecule has 1 saturated carbocycles. The van der Waals surface area contributed by atoms with Crippen molar-refractivity contribution in [2.24, 2.45) is 16.6 Å². The Bertz CT molecular complexity index is 197. The molecule has 1 aliphatic rings. The highest BCUT2D eigenvalue weighted by molar-refractivity contribution is 5.78. The number of rotatable bonds is 7. The van der Waals surface area contributed by atoms with E-state index < -0.39 is 0 Å². The zero-order chi connectivity index (χ0) is 11.1. The number of nitrogens with zero attached hydrogens (tertiary/aromatic N) is 1. The maximum absolute atomic E-state index is 5.79. The second-order valence-corrected chi connectivity index (χ2v) is 4.56. The summed E-state index contributed by atoms with van der Waals surface area (Å²) in [5.74, 6) is 1.36. The van der Waals surface area contributed by atoms with Crippen LogP contribution in [-0.2, 0) is 0 Å². The number of hydrogen-bond acceptors (Lipinski definition) is 1. The van der Waals surface area contributed by atoms with E-state index in [0.29, 0.717) is 17.9 Å². The van der Waals surface area contributed by atoms with E-state index >= 15 is 0 Å². The van der Waals surface area contributed by atoms with Crippen LogP contribution in [0.2, 0.25) is 0 Å². The predicted molar refractivity (Wildman–Crippen MR) is 66.0 cm³/mol. The summed E-state index contributed by atoms with van der Waals surface area (Å²) in [7, 11) is 0. The second-order valence-electron chi connectivity index (χ2n) is 4.56. The van der Waals surface area contributed by atoms with Gasteiger partial charge in [-0.3, -0.25) is 4.99 Å². The Morgan fingerprint density at radius 1 is 1.47 bits per heavy atom. The van der Waals surface area contributed by atoms with Crippen LogP contribution >= 0.6 is 0 Å². The molecule has 3 N–H and O–H groups in total. The molecule has 0 saturated heterocycles. The minimum Gasteiger partial charge on any atom is -0.370 e. The van der Waals surface area contributed by atoms with Crippen molar-refractivity contribution in [3.05, 3.63) is 0 Å². The van der Waals surface area contributed by atoms with Crippen LogP contribution in [0.25, 0.3) is 0 Å². The molecule has 0 aliphatic heterocycles. The van der Waals surface area contributed by atoms with Gasteiger partial charge in [0, 0.05) is 12.6 Å². The number of aliphatic imine (C=N–C) groups is 1. The minimum atomic E-state index is 0.615. The van der Waals surface area contributed by atoms with Crippen LogP contribution < -0.4 is 11.1 Å². The third-order valence-electron chi connectivity index (χ3n) is 2.99. The molecule has 1 aliphatic carbocycles. The van der Waals surface area contributed by atoms with E-state index in [1.54, 1.807) is 0 Å². The maximum Gasteiger partial charge on any atom is 0.188 e. The monoisotopic (exact) mass is 211 g/mol. The van der Waals surface area contributed by atoms with Gasteiger partial charge in [0.15, 0.2) is 5.96 Å². The lowest BCUT2D eigenvalue weighted by molar-refractivity contribution is 0.462. The SMILES string of the molecule is CCCCC(CC)CN=C(N)NC1CC1. The zero-order valence-corrected chi connectivity index (χ0v) is 10.1. The molecule has 15 heavy (non-hydrogen) atoms. The minimum absolute atomic E-state index is 0.615. The van der Waals surface area contributed by atoms with Gasteiger partial charge in [-0.1, -0.05) is 33.1 Å². The molecule has 1 unspecified atom stereocenters. The molecule has 0 bridgehead atoms. The van der Waals surface area contributed by atoms with E-state index in [9.17, 15) is 0 Å². The van der Waals surface area contributed by atoms with Crippen molar-refractivity contribution in [1.29, 1.82) is 0 Å². The van der Waals surface area contributed by atoms with E-state index in [4.69, 9.17) is 5.73 Å². The number of nitrogens with two attached hydrogens (primary N) is 1. The Hall–Kier alpha value is -0.730. The molecule has 88 valence electrons. The van der Waals surface area contributed by atoms with Crippen LogP contribution in [0, 0.1) is 5.92 Å². The van der Waals surface area contributed by atoms with Crippen molar-refractivity contribution in [2.45, 2.75) is 58.4 Å². The average Bonchev–Trinajstić information content (AvgIpc) is 3.02. The van der Waals surface area contributed by atoms with Gasteiger partial charge < -0.3 is 11.1 Å². The predicted octanol–water partition coefficient (Wildman–Crippen LogP) is 2.27. The molecule has 0 aromatic heterocycles. The van der Waals surface area contributed by atoms with Gasteiger partial charge in [0.1, 0.15) is 0 Å². The van der Waals surface area contributed by atoms with E-state index in [0.717, 1.165) is 6.54 Å². The highest BCUT2D eigenvalue weighted by atomic mass is 15.1. The van der Waals surface area contributed by atoms with Gasteiger partial charge in [-0.15, -0.1) is 0 Å². The van der Waals surface area contributed by atoms with Gasteiger partial charge in [0.25, 0.3) is 0 Å². The lowest BCUT2D eigenvalue weighted by Gasteiger charge is -2.12. The summed E-state index contributed by atoms with van der Waals surface area (Å²) in [6.45, 7) is 5.36. The first-order valence-corrected chi connectivity index (χ1v) is 6.32. The van der Waals surface area contributed by atoms with Crippen LogP contribution in [-0.4, -0.2) is 18.5 Å². The third-order valence-corrected chi connectivity index (χ3v) is 2.99.